The van der Waals surface area contributed by atoms with Crippen LogP contribution in [0.3, 0.4) is 0 Å². The van der Waals surface area contributed by atoms with Crippen LogP contribution < -0.4 is 10.4 Å². The summed E-state index contributed by atoms with van der Waals surface area (Å²) in [5.41, 5.74) is 9.55. The van der Waals surface area contributed by atoms with Gasteiger partial charge in [-0.15, -0.1) is 0 Å². The van der Waals surface area contributed by atoms with Crippen molar-refractivity contribution in [3.8, 4) is 11.1 Å². The average Bonchev–Trinajstić information content (AvgIpc) is 3.48. The molecule has 0 radical (unpaired) electrons. The molecule has 0 amide bonds. The number of fused-ring (bicyclic) bond motifs is 4. The molecule has 1 atom stereocenters. The topological polar surface area (TPSA) is 0 Å². The van der Waals surface area contributed by atoms with Gasteiger partial charge in [-0.05, 0) is 0 Å². The van der Waals surface area contributed by atoms with Gasteiger partial charge in [0.25, 0.3) is 0 Å². The van der Waals surface area contributed by atoms with Crippen LogP contribution in [0.25, 0.3) is 16.7 Å². The van der Waals surface area contributed by atoms with E-state index in [0.717, 1.165) is 0 Å². The Balaban J connectivity index is 1.62. The molecule has 0 aromatic heterocycles. The third-order valence-electron chi connectivity index (χ3n) is 8.03. The minimum absolute atomic E-state index is 0.532. The molecule has 0 saturated heterocycles. The summed E-state index contributed by atoms with van der Waals surface area (Å²) in [5, 5.41) is 3.15. The molecule has 5 aromatic rings. The van der Waals surface area contributed by atoms with Crippen molar-refractivity contribution in [1.29, 1.82) is 0 Å². The Morgan fingerprint density at radius 3 is 1.46 bits per heavy atom. The van der Waals surface area contributed by atoms with Crippen molar-refractivity contribution in [2.24, 2.45) is 0 Å². The van der Waals surface area contributed by atoms with Gasteiger partial charge in [-0.1, -0.05) is 0 Å². The minimum atomic E-state index is -2.48. The molecule has 0 bridgehead atoms. The summed E-state index contributed by atoms with van der Waals surface area (Å²) < 4.78 is 1.08. The predicted octanol–water partition coefficient (Wildman–Crippen LogP) is 7.34. The first-order chi connectivity index (χ1) is 18.3. The van der Waals surface area contributed by atoms with E-state index in [1.54, 1.807) is 27.1 Å². The van der Waals surface area contributed by atoms with Crippen molar-refractivity contribution in [3.05, 3.63) is 162 Å². The number of allylic oxidation sites excluding steroid dienone is 2. The van der Waals surface area contributed by atoms with Gasteiger partial charge in [0.2, 0.25) is 0 Å². The zero-order valence-corrected chi connectivity index (χ0v) is 24.4. The van der Waals surface area contributed by atoms with E-state index in [1.807, 2.05) is 0 Å². The van der Waals surface area contributed by atoms with Gasteiger partial charge in [-0.3, -0.25) is 0 Å². The molecule has 0 nitrogen and oxygen atoms in total. The van der Waals surface area contributed by atoms with Crippen molar-refractivity contribution in [3.63, 3.8) is 0 Å². The van der Waals surface area contributed by atoms with Crippen LogP contribution in [0.5, 0.6) is 0 Å². The second-order valence-corrected chi connectivity index (χ2v) is 24.3. The van der Waals surface area contributed by atoms with Gasteiger partial charge in [0.15, 0.2) is 0 Å². The Kier molecular flexibility index (Phi) is 6.04. The second kappa shape index (κ2) is 9.67. The van der Waals surface area contributed by atoms with Gasteiger partial charge in [0.05, 0.1) is 0 Å². The maximum atomic E-state index is 2.67. The Labute approximate surface area is 227 Å². The van der Waals surface area contributed by atoms with Crippen LogP contribution in [0.15, 0.2) is 140 Å². The zero-order chi connectivity index (χ0) is 24.8. The summed E-state index contributed by atoms with van der Waals surface area (Å²) >= 11 is -2.48. The molecule has 0 saturated carbocycles. The van der Waals surface area contributed by atoms with Crippen LogP contribution in [0.4, 0.5) is 0 Å². The van der Waals surface area contributed by atoms with Crippen LogP contribution in [0.1, 0.15) is 36.4 Å². The van der Waals surface area contributed by atoms with E-state index in [4.69, 9.17) is 0 Å². The zero-order valence-electron chi connectivity index (χ0n) is 20.9. The molecule has 0 spiro atoms. The predicted molar refractivity (Wildman–Crippen MR) is 154 cm³/mol. The van der Waals surface area contributed by atoms with Gasteiger partial charge in [-0.25, -0.2) is 0 Å². The molecule has 2 heteroatoms. The van der Waals surface area contributed by atoms with Crippen LogP contribution in [0.2, 0.25) is 0 Å². The average molecular weight is 568 g/mol. The third kappa shape index (κ3) is 3.90. The number of benzene rings is 5. The van der Waals surface area contributed by atoms with E-state index in [9.17, 15) is 0 Å². The molecule has 1 unspecified atom stereocenters. The van der Waals surface area contributed by atoms with Gasteiger partial charge in [0.1, 0.15) is 0 Å². The number of rotatable bonds is 4. The molecule has 5 aromatic carbocycles. The Morgan fingerprint density at radius 1 is 0.486 bits per heavy atom. The summed E-state index contributed by atoms with van der Waals surface area (Å²) in [6.07, 6.45) is 2.67. The van der Waals surface area contributed by atoms with Gasteiger partial charge < -0.3 is 0 Å². The first-order valence-electron chi connectivity index (χ1n) is 13.1. The van der Waals surface area contributed by atoms with Crippen molar-refractivity contribution in [1.82, 2.24) is 0 Å². The molecule has 2 aliphatic rings. The molecule has 0 fully saturated rings. The molecular weight excluding hydrogens is 540 g/mol. The number of hydrogen-bond acceptors (Lipinski definition) is 0. The van der Waals surface area contributed by atoms with Gasteiger partial charge in [-0.2, -0.15) is 0 Å². The Hall–Kier alpha value is -3.06. The van der Waals surface area contributed by atoms with Gasteiger partial charge >= 0.3 is 229 Å². The standard InChI is InChI=1S/C13H9.C12H10Si.C10H9.Zr/c1-3-7-12-10(5-1)9-11-6-2-4-8-13(11)12;1-3-7-11(8-4-1)13-12-9-5-2-6-10-12;1-8-6-7-9-4-2-3-5-10(8)9;/h1-9H;1-10H;2-7H,1H3;. The molecule has 0 N–H and O–H groups in total. The van der Waals surface area contributed by atoms with Crippen molar-refractivity contribution >= 4 is 21.4 Å². The summed E-state index contributed by atoms with van der Waals surface area (Å²) in [6.45, 7) is 2.33. The normalized spacial score (nSPS) is 15.5. The quantitative estimate of drug-likeness (QED) is 0.199. The molecule has 2 aliphatic carbocycles. The molecule has 0 aliphatic heterocycles. The number of hydrogen-bond donors (Lipinski definition) is 0. The molecule has 0 heterocycles. The fourth-order valence-corrected chi connectivity index (χ4v) is 30.5. The molecular formula is C35H28SiZr. The Bertz CT molecular complexity index is 1590. The van der Waals surface area contributed by atoms with Crippen molar-refractivity contribution in [2.45, 2.75) is 14.2 Å². The first kappa shape index (κ1) is 23.1. The van der Waals surface area contributed by atoms with E-state index < -0.39 is 25.8 Å². The molecule has 176 valence electrons. The van der Waals surface area contributed by atoms with E-state index in [2.05, 4.69) is 146 Å². The molecule has 37 heavy (non-hydrogen) atoms. The molecule has 7 rings (SSSR count). The fraction of sp³-hybridized carbons (Fsp3) is 0.0857. The van der Waals surface area contributed by atoms with Crippen LogP contribution >= 0.6 is 0 Å². The Morgan fingerprint density at radius 2 is 0.919 bits per heavy atom. The fourth-order valence-electron chi connectivity index (χ4n) is 6.49. The van der Waals surface area contributed by atoms with Crippen LogP contribution in [0, 0.1) is 0 Å². The van der Waals surface area contributed by atoms with E-state index in [0.29, 0.717) is 7.25 Å². The van der Waals surface area contributed by atoms with E-state index in [1.165, 1.54) is 22.3 Å². The van der Waals surface area contributed by atoms with Crippen LogP contribution in [-0.4, -0.2) is 5.43 Å². The van der Waals surface area contributed by atoms with Crippen molar-refractivity contribution in [2.75, 3.05) is 0 Å². The monoisotopic (exact) mass is 566 g/mol. The summed E-state index contributed by atoms with van der Waals surface area (Å²) in [5.74, 6) is 0. The van der Waals surface area contributed by atoms with E-state index >= 15 is 0 Å². The first-order valence-corrected chi connectivity index (χ1v) is 21.1. The van der Waals surface area contributed by atoms with E-state index in [-0.39, 0.29) is 0 Å². The summed E-state index contributed by atoms with van der Waals surface area (Å²) in [4.78, 5) is 0. The third-order valence-corrected chi connectivity index (χ3v) is 28.4. The van der Waals surface area contributed by atoms with Crippen LogP contribution in [-0.2, 0) is 20.4 Å². The summed E-state index contributed by atoms with van der Waals surface area (Å²) in [7, 11) is 0. The van der Waals surface area contributed by atoms with Gasteiger partial charge in [0, 0.05) is 0 Å². The second-order valence-electron chi connectivity index (χ2n) is 10.1. The SMILES string of the molecule is CC1=C[CH]([Zr]([CH]2c3ccccc3-c3ccccc32)=[Si](c2ccccc2)c2ccccc2)c2ccccc21. The maximum absolute atomic E-state index is 2.67. The summed E-state index contributed by atoms with van der Waals surface area (Å²) in [6, 6.07) is 50.8. The van der Waals surface area contributed by atoms with Crippen molar-refractivity contribution < 1.29 is 20.4 Å².